The summed E-state index contributed by atoms with van der Waals surface area (Å²) in [7, 11) is 0. The summed E-state index contributed by atoms with van der Waals surface area (Å²) in [4.78, 5) is 1.37. The highest BCUT2D eigenvalue weighted by Crippen LogP contribution is 2.49. The maximum atomic E-state index is 9.86. The van der Waals surface area contributed by atoms with Crippen LogP contribution in [-0.2, 0) is 6.54 Å². The molecule has 0 aromatic heterocycles. The highest BCUT2D eigenvalue weighted by molar-refractivity contribution is 5.99. The summed E-state index contributed by atoms with van der Waals surface area (Å²) in [6.45, 7) is 4.51. The quantitative estimate of drug-likeness (QED) is 0.807. The summed E-state index contributed by atoms with van der Waals surface area (Å²) >= 11 is 0. The van der Waals surface area contributed by atoms with E-state index in [4.69, 9.17) is 5.41 Å². The van der Waals surface area contributed by atoms with E-state index in [0.717, 1.165) is 31.6 Å². The third-order valence-corrected chi connectivity index (χ3v) is 6.03. The highest BCUT2D eigenvalue weighted by atomic mass is 15.1. The first-order valence-electron chi connectivity index (χ1n) is 9.49. The molecule has 2 N–H and O–H groups in total. The van der Waals surface area contributed by atoms with Crippen molar-refractivity contribution in [2.45, 2.75) is 26.3 Å². The maximum Gasteiger partial charge on any atom is 0.185 e. The van der Waals surface area contributed by atoms with Crippen LogP contribution in [-0.4, -0.2) is 18.8 Å². The van der Waals surface area contributed by atoms with E-state index in [-0.39, 0.29) is 17.5 Å². The van der Waals surface area contributed by atoms with Crippen LogP contribution in [0, 0.1) is 62.6 Å². The van der Waals surface area contributed by atoms with E-state index in [2.05, 4.69) is 36.4 Å². The number of hydrogen-bond acceptors (Lipinski definition) is 4. The molecule has 0 saturated heterocycles. The zero-order valence-electron chi connectivity index (χ0n) is 15.6. The second-order valence-corrected chi connectivity index (χ2v) is 7.53. The van der Waals surface area contributed by atoms with Crippen LogP contribution < -0.4 is 4.90 Å². The summed E-state index contributed by atoms with van der Waals surface area (Å²) in [5, 5.41) is 37.9. The Hall–Kier alpha value is -2.94. The van der Waals surface area contributed by atoms with E-state index < -0.39 is 11.3 Å². The number of nitrogens with one attached hydrogen (secondary N) is 2. The average molecular weight is 358 g/mol. The lowest BCUT2D eigenvalue weighted by molar-refractivity contribution is -0.913. The molecule has 4 atom stereocenters. The summed E-state index contributed by atoms with van der Waals surface area (Å²) in [6, 6.07) is 16.8. The van der Waals surface area contributed by atoms with Gasteiger partial charge in [0.1, 0.15) is 12.5 Å². The maximum absolute atomic E-state index is 9.86. The van der Waals surface area contributed by atoms with Gasteiger partial charge in [0.15, 0.2) is 5.41 Å². The molecule has 0 amide bonds. The van der Waals surface area contributed by atoms with Gasteiger partial charge in [-0.15, -0.1) is 0 Å². The SMILES string of the molecule is CCC[C@@H]1[C@@H]2C[NH+](Cc3ccccc3)CC=C2[C@@H](C#N)C(=N)C1(C#N)C#N. The van der Waals surface area contributed by atoms with E-state index in [9.17, 15) is 15.8 Å². The Morgan fingerprint density at radius 1 is 1.19 bits per heavy atom. The third-order valence-electron chi connectivity index (χ3n) is 6.03. The summed E-state index contributed by atoms with van der Waals surface area (Å²) < 4.78 is 0. The van der Waals surface area contributed by atoms with Gasteiger partial charge in [0.2, 0.25) is 0 Å². The molecular formula is C22H24N5+. The molecule has 1 unspecified atom stereocenters. The molecule has 1 fully saturated rings. The molecule has 5 nitrogen and oxygen atoms in total. The Morgan fingerprint density at radius 2 is 1.89 bits per heavy atom. The molecule has 0 bridgehead atoms. The van der Waals surface area contributed by atoms with Crippen molar-refractivity contribution in [1.82, 2.24) is 0 Å². The first-order valence-corrected chi connectivity index (χ1v) is 9.49. The first kappa shape index (κ1) is 18.8. The molecular weight excluding hydrogens is 334 g/mol. The fraction of sp³-hybridized carbons (Fsp3) is 0.455. The average Bonchev–Trinajstić information content (AvgIpc) is 2.70. The number of fused-ring (bicyclic) bond motifs is 1. The van der Waals surface area contributed by atoms with Gasteiger partial charge in [0, 0.05) is 17.4 Å². The van der Waals surface area contributed by atoms with Crippen molar-refractivity contribution < 1.29 is 4.90 Å². The van der Waals surface area contributed by atoms with Crippen molar-refractivity contribution in [3.05, 3.63) is 47.5 Å². The molecule has 1 heterocycles. The van der Waals surface area contributed by atoms with E-state index >= 15 is 0 Å². The molecule has 2 aliphatic rings. The fourth-order valence-corrected chi connectivity index (χ4v) is 4.74. The molecule has 0 spiro atoms. The van der Waals surface area contributed by atoms with Gasteiger partial charge in [0.05, 0.1) is 37.0 Å². The standard InChI is InChI=1S/C22H23N5/c1-2-6-20-19-13-27(12-16-7-4-3-5-8-16)10-9-17(19)18(11-23)21(26)22(20,14-24)15-25/h3-5,7-9,18-20,26H,2,6,10,12-13H2,1H3/p+1/t18-,19-,20-/m1/s1. The molecule has 1 aromatic rings. The predicted molar refractivity (Wildman–Crippen MR) is 101 cm³/mol. The monoisotopic (exact) mass is 358 g/mol. The topological polar surface area (TPSA) is 99.7 Å². The molecule has 1 aliphatic heterocycles. The van der Waals surface area contributed by atoms with Crippen LogP contribution in [0.5, 0.6) is 0 Å². The second-order valence-electron chi connectivity index (χ2n) is 7.53. The van der Waals surface area contributed by atoms with Crippen LogP contribution in [0.25, 0.3) is 0 Å². The normalized spacial score (nSPS) is 28.8. The molecule has 1 saturated carbocycles. The Balaban J connectivity index is 1.98. The minimum absolute atomic E-state index is 0.00420. The number of rotatable bonds is 4. The van der Waals surface area contributed by atoms with Crippen molar-refractivity contribution >= 4 is 5.71 Å². The van der Waals surface area contributed by atoms with Gasteiger partial charge in [-0.05, 0) is 18.1 Å². The van der Waals surface area contributed by atoms with Crippen molar-refractivity contribution in [2.24, 2.45) is 23.2 Å². The van der Waals surface area contributed by atoms with Crippen molar-refractivity contribution in [3.63, 3.8) is 0 Å². The number of benzene rings is 1. The van der Waals surface area contributed by atoms with Gasteiger partial charge in [0.25, 0.3) is 0 Å². The minimum atomic E-state index is -1.49. The van der Waals surface area contributed by atoms with E-state index in [1.54, 1.807) is 0 Å². The predicted octanol–water partition coefficient (Wildman–Crippen LogP) is 2.25. The second kappa shape index (κ2) is 7.75. The van der Waals surface area contributed by atoms with E-state index in [0.29, 0.717) is 6.42 Å². The van der Waals surface area contributed by atoms with Crippen molar-refractivity contribution in [2.75, 3.05) is 13.1 Å². The lowest BCUT2D eigenvalue weighted by atomic mass is 9.55. The van der Waals surface area contributed by atoms with Gasteiger partial charge in [-0.3, -0.25) is 0 Å². The van der Waals surface area contributed by atoms with Gasteiger partial charge < -0.3 is 10.3 Å². The molecule has 27 heavy (non-hydrogen) atoms. The molecule has 1 aromatic carbocycles. The number of quaternary nitrogens is 1. The highest BCUT2D eigenvalue weighted by Gasteiger charge is 2.57. The lowest BCUT2D eigenvalue weighted by Crippen LogP contribution is -3.12. The van der Waals surface area contributed by atoms with Gasteiger partial charge in [-0.25, -0.2) is 0 Å². The zero-order valence-corrected chi connectivity index (χ0v) is 15.6. The van der Waals surface area contributed by atoms with Gasteiger partial charge in [-0.1, -0.05) is 43.7 Å². The Labute approximate surface area is 160 Å². The van der Waals surface area contributed by atoms with Crippen LogP contribution in [0.15, 0.2) is 42.0 Å². The molecule has 136 valence electrons. The van der Waals surface area contributed by atoms with Crippen LogP contribution in [0.1, 0.15) is 25.3 Å². The van der Waals surface area contributed by atoms with E-state index in [1.165, 1.54) is 10.5 Å². The van der Waals surface area contributed by atoms with E-state index in [1.807, 2.05) is 25.1 Å². The smallest absolute Gasteiger partial charge is 0.185 e. The first-order chi connectivity index (χ1) is 13.1. The lowest BCUT2D eigenvalue weighted by Gasteiger charge is -2.46. The fourth-order valence-electron chi connectivity index (χ4n) is 4.74. The molecule has 3 rings (SSSR count). The Morgan fingerprint density at radius 3 is 2.48 bits per heavy atom. The summed E-state index contributed by atoms with van der Waals surface area (Å²) in [5.41, 5.74) is 0.693. The van der Waals surface area contributed by atoms with Crippen LogP contribution >= 0.6 is 0 Å². The van der Waals surface area contributed by atoms with Crippen molar-refractivity contribution in [3.8, 4) is 18.2 Å². The number of hydrogen-bond donors (Lipinski definition) is 2. The molecule has 5 heteroatoms. The van der Waals surface area contributed by atoms with Crippen LogP contribution in [0.4, 0.5) is 0 Å². The van der Waals surface area contributed by atoms with Crippen molar-refractivity contribution in [1.29, 1.82) is 21.2 Å². The Bertz CT molecular complexity index is 851. The zero-order chi connectivity index (χ0) is 19.4. The summed E-state index contributed by atoms with van der Waals surface area (Å²) in [6.07, 6.45) is 3.65. The van der Waals surface area contributed by atoms with Crippen LogP contribution in [0.2, 0.25) is 0 Å². The minimum Gasteiger partial charge on any atom is -0.327 e. The Kier molecular flexibility index (Phi) is 5.41. The third kappa shape index (κ3) is 3.14. The molecule has 0 radical (unpaired) electrons. The number of nitrogens with zero attached hydrogens (tertiary/aromatic N) is 3. The summed E-state index contributed by atoms with van der Waals surface area (Å²) in [5.74, 6) is -0.983. The molecule has 1 aliphatic carbocycles. The largest absolute Gasteiger partial charge is 0.327 e. The van der Waals surface area contributed by atoms with Gasteiger partial charge in [-0.2, -0.15) is 15.8 Å². The van der Waals surface area contributed by atoms with Crippen LogP contribution in [0.3, 0.4) is 0 Å². The number of nitriles is 3. The van der Waals surface area contributed by atoms with Gasteiger partial charge >= 0.3 is 0 Å².